The molecule has 0 bridgehead atoms. The molecule has 0 saturated heterocycles. The molecular formula is C43H32N4O. The van der Waals surface area contributed by atoms with Crippen molar-refractivity contribution in [3.63, 3.8) is 0 Å². The van der Waals surface area contributed by atoms with Crippen molar-refractivity contribution in [3.8, 4) is 67.3 Å². The number of hydrogen-bond donors (Lipinski definition) is 0. The van der Waals surface area contributed by atoms with Gasteiger partial charge in [-0.2, -0.15) is 0 Å². The van der Waals surface area contributed by atoms with Crippen molar-refractivity contribution in [3.05, 3.63) is 168 Å². The van der Waals surface area contributed by atoms with Gasteiger partial charge < -0.3 is 0 Å². The van der Waals surface area contributed by atoms with Crippen LogP contribution in [-0.2, 0) is 14.1 Å². The number of imidazole rings is 1. The van der Waals surface area contributed by atoms with E-state index in [4.69, 9.17) is 9.97 Å². The Kier molecular flexibility index (Phi) is 7.35. The molecule has 8 aromatic rings. The van der Waals surface area contributed by atoms with Gasteiger partial charge in [0.15, 0.2) is 5.82 Å². The maximum Gasteiger partial charge on any atom is 0.328 e. The third-order valence-electron chi connectivity index (χ3n) is 8.99. The Labute approximate surface area is 279 Å². The minimum Gasteiger partial charge on any atom is -0.295 e. The lowest BCUT2D eigenvalue weighted by Crippen LogP contribution is -2.19. The Morgan fingerprint density at radius 3 is 1.44 bits per heavy atom. The van der Waals surface area contributed by atoms with Crippen LogP contribution in [0.1, 0.15) is 0 Å². The van der Waals surface area contributed by atoms with E-state index in [1.807, 2.05) is 62.6 Å². The number of rotatable bonds is 6. The summed E-state index contributed by atoms with van der Waals surface area (Å²) in [7, 11) is 3.63. The first-order valence-electron chi connectivity index (χ1n) is 16.0. The molecule has 0 atom stereocenters. The summed E-state index contributed by atoms with van der Waals surface area (Å²) in [6.45, 7) is 0. The number of hydrogen-bond acceptors (Lipinski definition) is 3. The van der Waals surface area contributed by atoms with Gasteiger partial charge in [-0.3, -0.25) is 9.13 Å². The van der Waals surface area contributed by atoms with E-state index in [1.54, 1.807) is 9.13 Å². The zero-order chi connectivity index (χ0) is 32.6. The number of aromatic nitrogens is 4. The van der Waals surface area contributed by atoms with Gasteiger partial charge >= 0.3 is 5.69 Å². The molecule has 0 N–H and O–H groups in total. The predicted octanol–water partition coefficient (Wildman–Crippen LogP) is 9.67. The van der Waals surface area contributed by atoms with Gasteiger partial charge in [0, 0.05) is 30.8 Å². The Morgan fingerprint density at radius 1 is 0.375 bits per heavy atom. The molecule has 2 aromatic heterocycles. The molecule has 0 aliphatic heterocycles. The standard InChI is InChI=1S/C43H32N4O/c1-46-40-23-22-34(27-41(40)47(2)43(46)48)36-24-35(30-14-8-4-9-15-30)25-37(26-36)39-28-38(44-42(45-39)33-16-10-5-11-17-33)32-20-18-31(19-21-32)29-12-6-3-7-13-29/h3-28H,1-2H3. The van der Waals surface area contributed by atoms with Crippen LogP contribution in [0, 0.1) is 0 Å². The third-order valence-corrected chi connectivity index (χ3v) is 8.99. The summed E-state index contributed by atoms with van der Waals surface area (Å²) in [5, 5.41) is 0. The highest BCUT2D eigenvalue weighted by Crippen LogP contribution is 2.35. The van der Waals surface area contributed by atoms with Crippen LogP contribution < -0.4 is 5.69 Å². The maximum absolute atomic E-state index is 12.7. The molecule has 0 radical (unpaired) electrons. The molecule has 0 unspecified atom stereocenters. The molecule has 0 saturated carbocycles. The number of fused-ring (bicyclic) bond motifs is 1. The molecule has 5 heteroatoms. The van der Waals surface area contributed by atoms with Gasteiger partial charge in [-0.15, -0.1) is 0 Å². The lowest BCUT2D eigenvalue weighted by Gasteiger charge is -2.14. The van der Waals surface area contributed by atoms with Crippen molar-refractivity contribution in [2.75, 3.05) is 0 Å². The van der Waals surface area contributed by atoms with E-state index in [9.17, 15) is 4.79 Å². The molecule has 8 rings (SSSR count). The van der Waals surface area contributed by atoms with Crippen molar-refractivity contribution in [2.24, 2.45) is 14.1 Å². The first kappa shape index (κ1) is 29.1. The highest BCUT2D eigenvalue weighted by atomic mass is 16.1. The molecule has 0 aliphatic carbocycles. The average Bonchev–Trinajstić information content (AvgIpc) is 3.38. The van der Waals surface area contributed by atoms with Gasteiger partial charge in [-0.05, 0) is 69.8 Å². The molecule has 2 heterocycles. The Hall–Kier alpha value is -6.33. The second-order valence-corrected chi connectivity index (χ2v) is 12.0. The smallest absolute Gasteiger partial charge is 0.295 e. The second-order valence-electron chi connectivity index (χ2n) is 12.0. The Morgan fingerprint density at radius 2 is 0.812 bits per heavy atom. The minimum atomic E-state index is -0.0420. The molecule has 0 fully saturated rings. The highest BCUT2D eigenvalue weighted by molar-refractivity contribution is 5.87. The summed E-state index contributed by atoms with van der Waals surface area (Å²) < 4.78 is 3.39. The molecule has 5 nitrogen and oxygen atoms in total. The zero-order valence-corrected chi connectivity index (χ0v) is 26.7. The summed E-state index contributed by atoms with van der Waals surface area (Å²) in [5.41, 5.74) is 13.0. The largest absolute Gasteiger partial charge is 0.328 e. The number of aryl methyl sites for hydroxylation is 2. The van der Waals surface area contributed by atoms with Crippen LogP contribution in [0.5, 0.6) is 0 Å². The summed E-state index contributed by atoms with van der Waals surface area (Å²) in [6.07, 6.45) is 0. The fourth-order valence-electron chi connectivity index (χ4n) is 6.35. The first-order chi connectivity index (χ1) is 23.5. The molecule has 0 spiro atoms. The van der Waals surface area contributed by atoms with Crippen LogP contribution >= 0.6 is 0 Å². The lowest BCUT2D eigenvalue weighted by molar-refractivity contribution is 0.795. The van der Waals surface area contributed by atoms with Crippen molar-refractivity contribution in [1.29, 1.82) is 0 Å². The van der Waals surface area contributed by atoms with Gasteiger partial charge in [0.25, 0.3) is 0 Å². The Bertz CT molecular complexity index is 2460. The third kappa shape index (κ3) is 5.41. The zero-order valence-electron chi connectivity index (χ0n) is 26.7. The monoisotopic (exact) mass is 620 g/mol. The van der Waals surface area contributed by atoms with E-state index in [1.165, 1.54) is 5.56 Å². The molecule has 0 aliphatic rings. The van der Waals surface area contributed by atoms with Crippen LogP contribution in [0.2, 0.25) is 0 Å². The van der Waals surface area contributed by atoms with Crippen molar-refractivity contribution in [1.82, 2.24) is 19.1 Å². The minimum absolute atomic E-state index is 0.0420. The fourth-order valence-corrected chi connectivity index (χ4v) is 6.35. The van der Waals surface area contributed by atoms with Crippen molar-refractivity contribution < 1.29 is 0 Å². The molecule has 0 amide bonds. The number of nitrogens with zero attached hydrogens (tertiary/aromatic N) is 4. The van der Waals surface area contributed by atoms with E-state index in [0.717, 1.165) is 66.9 Å². The predicted molar refractivity (Wildman–Crippen MR) is 196 cm³/mol. The average molecular weight is 621 g/mol. The molecule has 48 heavy (non-hydrogen) atoms. The van der Waals surface area contributed by atoms with E-state index >= 15 is 0 Å². The van der Waals surface area contributed by atoms with Gasteiger partial charge in [0.1, 0.15) is 0 Å². The van der Waals surface area contributed by atoms with Gasteiger partial charge in [0.2, 0.25) is 0 Å². The summed E-state index contributed by atoms with van der Waals surface area (Å²) >= 11 is 0. The van der Waals surface area contributed by atoms with E-state index in [0.29, 0.717) is 5.82 Å². The quantitative estimate of drug-likeness (QED) is 0.186. The highest BCUT2D eigenvalue weighted by Gasteiger charge is 2.15. The lowest BCUT2D eigenvalue weighted by atomic mass is 9.94. The van der Waals surface area contributed by atoms with Crippen molar-refractivity contribution in [2.45, 2.75) is 0 Å². The maximum atomic E-state index is 12.7. The second kappa shape index (κ2) is 12.1. The van der Waals surface area contributed by atoms with Crippen LogP contribution in [0.3, 0.4) is 0 Å². The van der Waals surface area contributed by atoms with Crippen molar-refractivity contribution >= 4 is 11.0 Å². The van der Waals surface area contributed by atoms with E-state index in [-0.39, 0.29) is 5.69 Å². The molecular weight excluding hydrogens is 589 g/mol. The molecule has 230 valence electrons. The first-order valence-corrected chi connectivity index (χ1v) is 16.0. The number of benzene rings is 6. The SMILES string of the molecule is Cn1c(=O)n(C)c2cc(-c3cc(-c4ccccc4)cc(-c4cc(-c5ccc(-c6ccccc6)cc5)nc(-c5ccccc5)n4)c3)ccc21. The van der Waals surface area contributed by atoms with E-state index in [2.05, 4.69) is 109 Å². The van der Waals surface area contributed by atoms with Gasteiger partial charge in [0.05, 0.1) is 22.4 Å². The normalized spacial score (nSPS) is 11.2. The van der Waals surface area contributed by atoms with Crippen LogP contribution in [-0.4, -0.2) is 19.1 Å². The van der Waals surface area contributed by atoms with Crippen LogP contribution in [0.25, 0.3) is 78.3 Å². The Balaban J connectivity index is 1.31. The van der Waals surface area contributed by atoms with Crippen LogP contribution in [0.15, 0.2) is 163 Å². The summed E-state index contributed by atoms with van der Waals surface area (Å²) in [5.74, 6) is 0.669. The molecule has 6 aromatic carbocycles. The van der Waals surface area contributed by atoms with Gasteiger partial charge in [-0.1, -0.05) is 121 Å². The van der Waals surface area contributed by atoms with Crippen LogP contribution in [0.4, 0.5) is 0 Å². The van der Waals surface area contributed by atoms with Gasteiger partial charge in [-0.25, -0.2) is 14.8 Å². The summed E-state index contributed by atoms with van der Waals surface area (Å²) in [4.78, 5) is 22.9. The topological polar surface area (TPSA) is 52.7 Å². The van der Waals surface area contributed by atoms with E-state index < -0.39 is 0 Å². The summed E-state index contributed by atoms with van der Waals surface area (Å²) in [6, 6.07) is 54.4. The fraction of sp³-hybridized carbons (Fsp3) is 0.0465.